The monoisotopic (exact) mass is 544 g/mol. The summed E-state index contributed by atoms with van der Waals surface area (Å²) in [6.45, 7) is 0.263. The van der Waals surface area contributed by atoms with Crippen molar-refractivity contribution in [3.8, 4) is 11.5 Å². The van der Waals surface area contributed by atoms with E-state index in [1.807, 2.05) is 18.2 Å². The molecule has 1 saturated heterocycles. The molecule has 0 unspecified atom stereocenters. The molecule has 35 heavy (non-hydrogen) atoms. The predicted molar refractivity (Wildman–Crippen MR) is 143 cm³/mol. The topological polar surface area (TPSA) is 67.9 Å². The fourth-order valence-corrected chi connectivity index (χ4v) is 4.76. The van der Waals surface area contributed by atoms with Gasteiger partial charge in [0.25, 0.3) is 11.8 Å². The highest BCUT2D eigenvalue weighted by Gasteiger charge is 2.33. The summed E-state index contributed by atoms with van der Waals surface area (Å²) in [5.41, 5.74) is 4.47. The first kappa shape index (κ1) is 25.1. The third-order valence-electron chi connectivity index (χ3n) is 4.92. The average molecular weight is 545 g/mol. The number of rotatable bonds is 7. The van der Waals surface area contributed by atoms with Crippen LogP contribution < -0.4 is 14.9 Å². The van der Waals surface area contributed by atoms with E-state index in [4.69, 9.17) is 44.9 Å². The number of methoxy groups -OCH3 is 1. The first-order valence-corrected chi connectivity index (χ1v) is 12.2. The van der Waals surface area contributed by atoms with Crippen LogP contribution in [0.15, 0.2) is 71.6 Å². The number of thiocarbonyl (C=S) groups is 1. The lowest BCUT2D eigenvalue weighted by Gasteiger charge is -2.15. The molecule has 4 rings (SSSR count). The van der Waals surface area contributed by atoms with Crippen LogP contribution in [-0.4, -0.2) is 28.3 Å². The number of nitrogens with zero attached hydrogens (tertiary/aromatic N) is 1. The van der Waals surface area contributed by atoms with E-state index in [1.165, 1.54) is 0 Å². The summed E-state index contributed by atoms with van der Waals surface area (Å²) in [5, 5.41) is 2.15. The summed E-state index contributed by atoms with van der Waals surface area (Å²) in [7, 11) is 1.54. The van der Waals surface area contributed by atoms with Gasteiger partial charge in [-0.25, -0.2) is 0 Å². The molecule has 0 spiro atoms. The molecule has 3 aromatic carbocycles. The summed E-state index contributed by atoms with van der Waals surface area (Å²) < 4.78 is 11.2. The molecule has 0 aromatic heterocycles. The van der Waals surface area contributed by atoms with Crippen molar-refractivity contribution >= 4 is 69.4 Å². The Bertz CT molecular complexity index is 1330. The van der Waals surface area contributed by atoms with Gasteiger partial charge in [-0.3, -0.25) is 15.0 Å². The van der Waals surface area contributed by atoms with E-state index in [9.17, 15) is 9.59 Å². The number of thioether (sulfide) groups is 1. The van der Waals surface area contributed by atoms with E-state index < -0.39 is 11.8 Å². The molecule has 2 amide bonds. The maximum atomic E-state index is 12.9. The number of ether oxygens (including phenoxy) is 2. The van der Waals surface area contributed by atoms with Gasteiger partial charge in [-0.15, -0.1) is 0 Å². The highest BCUT2D eigenvalue weighted by molar-refractivity contribution is 8.26. The normalized spacial score (nSPS) is 14.4. The second kappa shape index (κ2) is 11.1. The van der Waals surface area contributed by atoms with Crippen LogP contribution in [0.25, 0.3) is 6.08 Å². The van der Waals surface area contributed by atoms with E-state index in [2.05, 4.69) is 5.43 Å². The highest BCUT2D eigenvalue weighted by atomic mass is 35.5. The van der Waals surface area contributed by atoms with Gasteiger partial charge in [0.15, 0.2) is 4.32 Å². The first-order valence-electron chi connectivity index (χ1n) is 10.2. The predicted octanol–water partition coefficient (Wildman–Crippen LogP) is 6.13. The van der Waals surface area contributed by atoms with Crippen LogP contribution in [0.3, 0.4) is 0 Å². The van der Waals surface area contributed by atoms with Gasteiger partial charge in [0.2, 0.25) is 0 Å². The molecule has 6 nitrogen and oxygen atoms in total. The summed E-state index contributed by atoms with van der Waals surface area (Å²) >= 11 is 18.6. The molecule has 0 radical (unpaired) electrons. The van der Waals surface area contributed by atoms with Crippen LogP contribution in [0.5, 0.6) is 11.5 Å². The Morgan fingerprint density at radius 3 is 2.57 bits per heavy atom. The van der Waals surface area contributed by atoms with E-state index >= 15 is 0 Å². The zero-order valence-electron chi connectivity index (χ0n) is 18.3. The maximum absolute atomic E-state index is 12.9. The number of carbonyl (C=O) groups excluding carboxylic acids is 2. The minimum absolute atomic E-state index is 0.230. The Morgan fingerprint density at radius 1 is 1.09 bits per heavy atom. The second-order valence-corrected chi connectivity index (χ2v) is 9.80. The zero-order valence-corrected chi connectivity index (χ0v) is 21.4. The molecule has 1 heterocycles. The Labute approximate surface area is 221 Å². The molecule has 178 valence electrons. The minimum atomic E-state index is -0.457. The van der Waals surface area contributed by atoms with Gasteiger partial charge in [0.1, 0.15) is 18.1 Å². The number of halogens is 2. The quantitative estimate of drug-likeness (QED) is 0.285. The fraction of sp³-hybridized carbons (Fsp3) is 0.0800. The van der Waals surface area contributed by atoms with Crippen LogP contribution in [0.4, 0.5) is 0 Å². The van der Waals surface area contributed by atoms with Crippen molar-refractivity contribution in [3.05, 3.63) is 98.4 Å². The number of benzene rings is 3. The molecule has 1 aliphatic rings. The molecular formula is C25H18Cl2N2O4S2. The van der Waals surface area contributed by atoms with E-state index in [1.54, 1.807) is 61.7 Å². The molecule has 3 aromatic rings. The number of hydrogen-bond donors (Lipinski definition) is 1. The standard InChI is InChI=1S/C25H18Cl2N2O4S2/c1-32-19-9-6-16(7-10-19)23(30)28-29-24(31)22(35-25(29)34)12-15-3-2-4-20(11-15)33-14-17-5-8-18(26)13-21(17)27/h2-13H,14H2,1H3,(H,28,30)/b22-12+. The maximum Gasteiger partial charge on any atom is 0.285 e. The Morgan fingerprint density at radius 2 is 1.86 bits per heavy atom. The van der Waals surface area contributed by atoms with Crippen LogP contribution in [-0.2, 0) is 11.4 Å². The van der Waals surface area contributed by atoms with Crippen molar-refractivity contribution in [2.75, 3.05) is 7.11 Å². The van der Waals surface area contributed by atoms with E-state index in [0.29, 0.717) is 32.0 Å². The number of hydrazine groups is 1. The van der Waals surface area contributed by atoms with Crippen molar-refractivity contribution in [1.82, 2.24) is 10.4 Å². The molecule has 1 fully saturated rings. The number of carbonyl (C=O) groups is 2. The SMILES string of the molecule is COc1ccc(C(=O)NN2C(=O)/C(=C\c3cccc(OCc4ccc(Cl)cc4Cl)c3)SC2=S)cc1. The highest BCUT2D eigenvalue weighted by Crippen LogP contribution is 2.32. The van der Waals surface area contributed by atoms with Gasteiger partial charge in [-0.1, -0.05) is 53.2 Å². The Kier molecular flexibility index (Phi) is 7.97. The smallest absolute Gasteiger partial charge is 0.285 e. The van der Waals surface area contributed by atoms with Crippen LogP contribution in [0, 0.1) is 0 Å². The lowest BCUT2D eigenvalue weighted by Crippen LogP contribution is -2.44. The third-order valence-corrected chi connectivity index (χ3v) is 6.81. The Balaban J connectivity index is 1.43. The first-order chi connectivity index (χ1) is 16.8. The van der Waals surface area contributed by atoms with Gasteiger partial charge in [-0.2, -0.15) is 5.01 Å². The van der Waals surface area contributed by atoms with Gasteiger partial charge in [0, 0.05) is 21.2 Å². The molecule has 1 aliphatic heterocycles. The molecule has 1 N–H and O–H groups in total. The molecule has 0 bridgehead atoms. The second-order valence-electron chi connectivity index (χ2n) is 7.28. The summed E-state index contributed by atoms with van der Waals surface area (Å²) in [4.78, 5) is 25.8. The van der Waals surface area contributed by atoms with Crippen molar-refractivity contribution in [2.24, 2.45) is 0 Å². The molecule has 10 heteroatoms. The van der Waals surface area contributed by atoms with Crippen molar-refractivity contribution in [1.29, 1.82) is 0 Å². The largest absolute Gasteiger partial charge is 0.497 e. The molecule has 0 atom stereocenters. The lowest BCUT2D eigenvalue weighted by atomic mass is 10.2. The van der Waals surface area contributed by atoms with Gasteiger partial charge < -0.3 is 9.47 Å². The summed E-state index contributed by atoms with van der Waals surface area (Å²) in [6.07, 6.45) is 1.70. The van der Waals surface area contributed by atoms with Gasteiger partial charge >= 0.3 is 0 Å². The number of hydrogen-bond acceptors (Lipinski definition) is 6. The Hall–Kier alpha value is -3.04. The minimum Gasteiger partial charge on any atom is -0.497 e. The van der Waals surface area contributed by atoms with Gasteiger partial charge in [-0.05, 0) is 72.4 Å². The van der Waals surface area contributed by atoms with Crippen LogP contribution in [0.1, 0.15) is 21.5 Å². The van der Waals surface area contributed by atoms with E-state index in [0.717, 1.165) is 27.9 Å². The van der Waals surface area contributed by atoms with E-state index in [-0.39, 0.29) is 10.9 Å². The molecular weight excluding hydrogens is 527 g/mol. The van der Waals surface area contributed by atoms with Crippen LogP contribution in [0.2, 0.25) is 10.0 Å². The summed E-state index contributed by atoms with van der Waals surface area (Å²) in [6, 6.07) is 19.0. The fourth-order valence-electron chi connectivity index (χ4n) is 3.12. The number of amides is 2. The summed E-state index contributed by atoms with van der Waals surface area (Å²) in [5.74, 6) is 0.355. The van der Waals surface area contributed by atoms with Crippen molar-refractivity contribution in [2.45, 2.75) is 6.61 Å². The third kappa shape index (κ3) is 6.15. The van der Waals surface area contributed by atoms with Crippen molar-refractivity contribution in [3.63, 3.8) is 0 Å². The van der Waals surface area contributed by atoms with Crippen molar-refractivity contribution < 1.29 is 19.1 Å². The zero-order chi connectivity index (χ0) is 24.9. The molecule has 0 saturated carbocycles. The number of nitrogens with one attached hydrogen (secondary N) is 1. The van der Waals surface area contributed by atoms with Gasteiger partial charge in [0.05, 0.1) is 12.0 Å². The lowest BCUT2D eigenvalue weighted by molar-refractivity contribution is -0.123. The molecule has 0 aliphatic carbocycles. The van der Waals surface area contributed by atoms with Crippen LogP contribution >= 0.6 is 47.2 Å². The average Bonchev–Trinajstić information content (AvgIpc) is 3.11.